The monoisotopic (exact) mass is 220 g/mol. The van der Waals surface area contributed by atoms with Crippen molar-refractivity contribution in [1.82, 2.24) is 14.9 Å². The lowest BCUT2D eigenvalue weighted by atomic mass is 10.1. The highest BCUT2D eigenvalue weighted by Crippen LogP contribution is 2.14. The maximum Gasteiger partial charge on any atom is 0.196 e. The van der Waals surface area contributed by atoms with Crippen LogP contribution < -0.4 is 5.73 Å². The summed E-state index contributed by atoms with van der Waals surface area (Å²) in [7, 11) is 0. The Morgan fingerprint density at radius 2 is 2.44 bits per heavy atom. The SMILES string of the molecule is NC[C@@H]1CCN(CC(=O)c2cnccn2)C1. The summed E-state index contributed by atoms with van der Waals surface area (Å²) in [6, 6.07) is 0. The van der Waals surface area contributed by atoms with E-state index in [9.17, 15) is 4.79 Å². The average molecular weight is 220 g/mol. The minimum absolute atomic E-state index is 0.0331. The molecule has 5 heteroatoms. The third kappa shape index (κ3) is 2.62. The van der Waals surface area contributed by atoms with E-state index < -0.39 is 0 Å². The third-order valence-corrected chi connectivity index (χ3v) is 2.92. The molecule has 0 radical (unpaired) electrons. The number of hydrogen-bond donors (Lipinski definition) is 1. The predicted octanol–water partition coefficient (Wildman–Crippen LogP) is -0.0601. The zero-order chi connectivity index (χ0) is 11.4. The normalized spacial score (nSPS) is 21.2. The lowest BCUT2D eigenvalue weighted by molar-refractivity contribution is 0.0938. The molecule has 0 spiro atoms. The van der Waals surface area contributed by atoms with Crippen molar-refractivity contribution in [3.05, 3.63) is 24.3 Å². The predicted molar refractivity (Wildman–Crippen MR) is 60.0 cm³/mol. The summed E-state index contributed by atoms with van der Waals surface area (Å²) in [4.78, 5) is 21.8. The van der Waals surface area contributed by atoms with E-state index >= 15 is 0 Å². The first-order chi connectivity index (χ1) is 7.79. The molecule has 0 saturated carbocycles. The average Bonchev–Trinajstić information content (AvgIpc) is 2.78. The molecule has 0 unspecified atom stereocenters. The van der Waals surface area contributed by atoms with E-state index in [1.54, 1.807) is 12.4 Å². The van der Waals surface area contributed by atoms with Gasteiger partial charge in [0.05, 0.1) is 12.7 Å². The Balaban J connectivity index is 1.89. The van der Waals surface area contributed by atoms with Gasteiger partial charge in [-0.2, -0.15) is 0 Å². The van der Waals surface area contributed by atoms with Crippen LogP contribution in [0.25, 0.3) is 0 Å². The number of Topliss-reactive ketones (excluding diaryl/α,β-unsaturated/α-hetero) is 1. The van der Waals surface area contributed by atoms with Gasteiger partial charge in [0.2, 0.25) is 0 Å². The molecule has 1 aliphatic heterocycles. The summed E-state index contributed by atoms with van der Waals surface area (Å²) in [6.45, 7) is 3.00. The second-order valence-electron chi connectivity index (χ2n) is 4.14. The van der Waals surface area contributed by atoms with Crippen LogP contribution in [0.5, 0.6) is 0 Å². The van der Waals surface area contributed by atoms with Crippen LogP contribution >= 0.6 is 0 Å². The van der Waals surface area contributed by atoms with E-state index in [1.807, 2.05) is 0 Å². The molecule has 1 fully saturated rings. The molecule has 2 heterocycles. The maximum absolute atomic E-state index is 11.8. The molecule has 2 N–H and O–H groups in total. The molecule has 86 valence electrons. The fourth-order valence-corrected chi connectivity index (χ4v) is 1.98. The molecular weight excluding hydrogens is 204 g/mol. The standard InChI is InChI=1S/C11H16N4O/c12-5-9-1-4-15(7-9)8-11(16)10-6-13-2-3-14-10/h2-3,6,9H,1,4-5,7-8,12H2/t9-/m0/s1. The number of ketones is 1. The number of nitrogens with two attached hydrogens (primary N) is 1. The molecule has 16 heavy (non-hydrogen) atoms. The highest BCUT2D eigenvalue weighted by atomic mass is 16.1. The van der Waals surface area contributed by atoms with Gasteiger partial charge < -0.3 is 5.73 Å². The molecule has 0 bridgehead atoms. The first-order valence-corrected chi connectivity index (χ1v) is 5.51. The van der Waals surface area contributed by atoms with Crippen LogP contribution in [0.4, 0.5) is 0 Å². The van der Waals surface area contributed by atoms with E-state index in [2.05, 4.69) is 14.9 Å². The van der Waals surface area contributed by atoms with Crippen molar-refractivity contribution in [3.8, 4) is 0 Å². The van der Waals surface area contributed by atoms with Gasteiger partial charge in [0.25, 0.3) is 0 Å². The molecule has 2 rings (SSSR count). The number of carbonyl (C=O) groups is 1. The summed E-state index contributed by atoms with van der Waals surface area (Å²) in [5.74, 6) is 0.570. The lowest BCUT2D eigenvalue weighted by Crippen LogP contribution is -2.29. The Bertz CT molecular complexity index is 354. The van der Waals surface area contributed by atoms with E-state index in [0.717, 1.165) is 19.5 Å². The van der Waals surface area contributed by atoms with Crippen molar-refractivity contribution in [3.63, 3.8) is 0 Å². The molecule has 0 aliphatic carbocycles. The number of likely N-dealkylation sites (tertiary alicyclic amines) is 1. The van der Waals surface area contributed by atoms with Crippen molar-refractivity contribution in [2.45, 2.75) is 6.42 Å². The minimum atomic E-state index is 0.0331. The summed E-state index contributed by atoms with van der Waals surface area (Å²) in [5, 5.41) is 0. The maximum atomic E-state index is 11.8. The van der Waals surface area contributed by atoms with Crippen LogP contribution in [0.2, 0.25) is 0 Å². The minimum Gasteiger partial charge on any atom is -0.330 e. The summed E-state index contributed by atoms with van der Waals surface area (Å²) >= 11 is 0. The quantitative estimate of drug-likeness (QED) is 0.720. The van der Waals surface area contributed by atoms with Crippen molar-refractivity contribution in [2.75, 3.05) is 26.2 Å². The second-order valence-corrected chi connectivity index (χ2v) is 4.14. The highest BCUT2D eigenvalue weighted by molar-refractivity contribution is 5.95. The zero-order valence-electron chi connectivity index (χ0n) is 9.17. The third-order valence-electron chi connectivity index (χ3n) is 2.92. The van der Waals surface area contributed by atoms with Gasteiger partial charge in [-0.25, -0.2) is 4.98 Å². The van der Waals surface area contributed by atoms with Gasteiger partial charge in [0.1, 0.15) is 5.69 Å². The van der Waals surface area contributed by atoms with Gasteiger partial charge in [0, 0.05) is 18.9 Å². The molecular formula is C11H16N4O. The van der Waals surface area contributed by atoms with Crippen molar-refractivity contribution in [1.29, 1.82) is 0 Å². The van der Waals surface area contributed by atoms with Crippen LogP contribution in [0.3, 0.4) is 0 Å². The summed E-state index contributed by atoms with van der Waals surface area (Å²) in [6.07, 6.45) is 5.71. The van der Waals surface area contributed by atoms with Gasteiger partial charge in [-0.1, -0.05) is 0 Å². The molecule has 0 aromatic carbocycles. The summed E-state index contributed by atoms with van der Waals surface area (Å²) in [5.41, 5.74) is 6.05. The molecule has 1 aromatic heterocycles. The van der Waals surface area contributed by atoms with Crippen molar-refractivity contribution >= 4 is 5.78 Å². The largest absolute Gasteiger partial charge is 0.330 e. The number of nitrogens with zero attached hydrogens (tertiary/aromatic N) is 3. The Hall–Kier alpha value is -1.33. The first kappa shape index (κ1) is 11.2. The van der Waals surface area contributed by atoms with Crippen LogP contribution in [0.15, 0.2) is 18.6 Å². The highest BCUT2D eigenvalue weighted by Gasteiger charge is 2.23. The molecule has 1 aliphatic rings. The zero-order valence-corrected chi connectivity index (χ0v) is 9.17. The molecule has 1 aromatic rings. The van der Waals surface area contributed by atoms with Gasteiger partial charge in [-0.05, 0) is 25.4 Å². The second kappa shape index (κ2) is 5.14. The number of carbonyl (C=O) groups excluding carboxylic acids is 1. The number of hydrogen-bond acceptors (Lipinski definition) is 5. The van der Waals surface area contributed by atoms with Gasteiger partial charge >= 0.3 is 0 Å². The fourth-order valence-electron chi connectivity index (χ4n) is 1.98. The van der Waals surface area contributed by atoms with Crippen molar-refractivity contribution < 1.29 is 4.79 Å². The van der Waals surface area contributed by atoms with Gasteiger partial charge in [0.15, 0.2) is 5.78 Å². The van der Waals surface area contributed by atoms with Gasteiger partial charge in [-0.3, -0.25) is 14.7 Å². The van der Waals surface area contributed by atoms with E-state index in [0.29, 0.717) is 24.7 Å². The fraction of sp³-hybridized carbons (Fsp3) is 0.545. The number of aromatic nitrogens is 2. The smallest absolute Gasteiger partial charge is 0.196 e. The van der Waals surface area contributed by atoms with Crippen LogP contribution in [-0.2, 0) is 0 Å². The molecule has 5 nitrogen and oxygen atoms in total. The van der Waals surface area contributed by atoms with E-state index in [-0.39, 0.29) is 5.78 Å². The van der Waals surface area contributed by atoms with Crippen LogP contribution in [-0.4, -0.2) is 46.8 Å². The first-order valence-electron chi connectivity index (χ1n) is 5.51. The van der Waals surface area contributed by atoms with E-state index in [1.165, 1.54) is 6.20 Å². The van der Waals surface area contributed by atoms with Crippen LogP contribution in [0.1, 0.15) is 16.9 Å². The Labute approximate surface area is 94.7 Å². The Kier molecular flexibility index (Phi) is 3.58. The molecule has 1 atom stereocenters. The van der Waals surface area contributed by atoms with Crippen molar-refractivity contribution in [2.24, 2.45) is 11.7 Å². The Morgan fingerprint density at radius 1 is 1.56 bits per heavy atom. The van der Waals surface area contributed by atoms with E-state index in [4.69, 9.17) is 5.73 Å². The number of rotatable bonds is 4. The Morgan fingerprint density at radius 3 is 3.06 bits per heavy atom. The summed E-state index contributed by atoms with van der Waals surface area (Å²) < 4.78 is 0. The van der Waals surface area contributed by atoms with Gasteiger partial charge in [-0.15, -0.1) is 0 Å². The molecule has 0 amide bonds. The van der Waals surface area contributed by atoms with Crippen LogP contribution in [0, 0.1) is 5.92 Å². The molecule has 1 saturated heterocycles. The lowest BCUT2D eigenvalue weighted by Gasteiger charge is -2.13. The topological polar surface area (TPSA) is 72.1 Å².